The monoisotopic (exact) mass is 340 g/mol. The number of benzene rings is 1. The Morgan fingerprint density at radius 3 is 2.20 bits per heavy atom. The third-order valence-corrected chi connectivity index (χ3v) is 5.79. The van der Waals surface area contributed by atoms with Crippen LogP contribution in [0.5, 0.6) is 0 Å². The van der Waals surface area contributed by atoms with Crippen LogP contribution >= 0.6 is 0 Å². The van der Waals surface area contributed by atoms with Gasteiger partial charge in [0, 0.05) is 18.2 Å². The highest BCUT2D eigenvalue weighted by molar-refractivity contribution is 5.94. The summed E-state index contributed by atoms with van der Waals surface area (Å²) < 4.78 is 0. The molecule has 0 saturated heterocycles. The van der Waals surface area contributed by atoms with Crippen LogP contribution in [0.1, 0.15) is 60.9 Å². The van der Waals surface area contributed by atoms with Gasteiger partial charge >= 0.3 is 0 Å². The minimum absolute atomic E-state index is 0.00812. The van der Waals surface area contributed by atoms with Crippen molar-refractivity contribution in [2.45, 2.75) is 57.5 Å². The third kappa shape index (κ3) is 4.71. The Balaban J connectivity index is 1.45. The summed E-state index contributed by atoms with van der Waals surface area (Å²) >= 11 is 0. The van der Waals surface area contributed by atoms with Gasteiger partial charge in [-0.15, -0.1) is 0 Å². The summed E-state index contributed by atoms with van der Waals surface area (Å²) in [6.45, 7) is 3.87. The smallest absolute Gasteiger partial charge is 0.251 e. The van der Waals surface area contributed by atoms with Gasteiger partial charge in [0.1, 0.15) is 0 Å². The van der Waals surface area contributed by atoms with Gasteiger partial charge in [0.05, 0.1) is 0 Å². The number of amides is 2. The second-order valence-corrected chi connectivity index (χ2v) is 7.40. The molecule has 2 amide bonds. The topological polar surface area (TPSA) is 58.2 Å². The van der Waals surface area contributed by atoms with E-state index in [1.807, 2.05) is 24.3 Å². The van der Waals surface area contributed by atoms with E-state index in [1.165, 1.54) is 38.2 Å². The normalized spacial score (nSPS) is 23.4. The molecule has 2 fully saturated rings. The van der Waals surface area contributed by atoms with Gasteiger partial charge in [-0.05, 0) is 61.3 Å². The molecule has 0 heterocycles. The zero-order valence-corrected chi connectivity index (χ0v) is 14.8. The van der Waals surface area contributed by atoms with Gasteiger partial charge < -0.3 is 10.6 Å². The zero-order chi connectivity index (χ0) is 17.6. The number of rotatable bonds is 6. The largest absolute Gasteiger partial charge is 0.349 e. The molecule has 1 aromatic carbocycles. The molecule has 4 nitrogen and oxygen atoms in total. The number of carbonyl (C=O) groups excluding carboxylic acids is 2. The van der Waals surface area contributed by atoms with Crippen LogP contribution in [0.3, 0.4) is 0 Å². The highest BCUT2D eigenvalue weighted by atomic mass is 16.2. The molecule has 2 aliphatic carbocycles. The Bertz CT molecular complexity index is 611. The van der Waals surface area contributed by atoms with Crippen molar-refractivity contribution < 1.29 is 9.59 Å². The first-order chi connectivity index (χ1) is 12.2. The van der Waals surface area contributed by atoms with E-state index in [0.717, 1.165) is 30.2 Å². The number of carbonyl (C=O) groups is 2. The van der Waals surface area contributed by atoms with E-state index >= 15 is 0 Å². The molecule has 0 radical (unpaired) electrons. The van der Waals surface area contributed by atoms with Gasteiger partial charge in [-0.3, -0.25) is 9.59 Å². The van der Waals surface area contributed by atoms with Crippen LogP contribution in [0.25, 0.3) is 0 Å². The van der Waals surface area contributed by atoms with Gasteiger partial charge in [0.15, 0.2) is 0 Å². The molecule has 2 saturated carbocycles. The van der Waals surface area contributed by atoms with Crippen LogP contribution in [-0.4, -0.2) is 17.9 Å². The molecule has 0 spiro atoms. The van der Waals surface area contributed by atoms with Crippen molar-refractivity contribution in [3.05, 3.63) is 48.0 Å². The Morgan fingerprint density at radius 2 is 1.64 bits per heavy atom. The number of hydrogen-bond donors (Lipinski definition) is 2. The van der Waals surface area contributed by atoms with Crippen molar-refractivity contribution in [3.63, 3.8) is 0 Å². The average molecular weight is 340 g/mol. The lowest BCUT2D eigenvalue weighted by Crippen LogP contribution is -2.39. The van der Waals surface area contributed by atoms with Crippen molar-refractivity contribution in [2.75, 3.05) is 0 Å². The maximum Gasteiger partial charge on any atom is 0.251 e. The van der Waals surface area contributed by atoms with Crippen molar-refractivity contribution in [1.82, 2.24) is 10.6 Å². The van der Waals surface area contributed by atoms with E-state index in [2.05, 4.69) is 17.2 Å². The summed E-state index contributed by atoms with van der Waals surface area (Å²) in [4.78, 5) is 23.6. The predicted octanol–water partition coefficient (Wildman–Crippen LogP) is 3.58. The van der Waals surface area contributed by atoms with Crippen LogP contribution in [0, 0.1) is 11.8 Å². The van der Waals surface area contributed by atoms with Crippen molar-refractivity contribution >= 4 is 11.8 Å². The Morgan fingerprint density at radius 1 is 1.00 bits per heavy atom. The zero-order valence-electron chi connectivity index (χ0n) is 14.8. The maximum atomic E-state index is 12.4. The molecule has 134 valence electrons. The first-order valence-electron chi connectivity index (χ1n) is 9.46. The van der Waals surface area contributed by atoms with E-state index in [9.17, 15) is 9.59 Å². The lowest BCUT2D eigenvalue weighted by molar-refractivity contribution is -0.116. The van der Waals surface area contributed by atoms with Crippen molar-refractivity contribution in [1.29, 1.82) is 0 Å². The molecule has 25 heavy (non-hydrogen) atoms. The third-order valence-electron chi connectivity index (χ3n) is 5.79. The molecule has 0 aromatic heterocycles. The van der Waals surface area contributed by atoms with E-state index in [-0.39, 0.29) is 11.8 Å². The minimum Gasteiger partial charge on any atom is -0.349 e. The quantitative estimate of drug-likeness (QED) is 0.778. The Hall–Kier alpha value is -2.10. The summed E-state index contributed by atoms with van der Waals surface area (Å²) in [6.07, 6.45) is 10.2. The highest BCUT2D eigenvalue weighted by Crippen LogP contribution is 2.40. The minimum atomic E-state index is -0.195. The first kappa shape index (κ1) is 17.7. The predicted molar refractivity (Wildman–Crippen MR) is 99.0 cm³/mol. The first-order valence-corrected chi connectivity index (χ1v) is 9.46. The number of nitrogens with one attached hydrogen (secondary N) is 2. The molecule has 0 aliphatic heterocycles. The highest BCUT2D eigenvalue weighted by Gasteiger charge is 2.31. The van der Waals surface area contributed by atoms with Gasteiger partial charge in [-0.1, -0.05) is 38.0 Å². The van der Waals surface area contributed by atoms with Gasteiger partial charge in [-0.2, -0.15) is 0 Å². The summed E-state index contributed by atoms with van der Waals surface area (Å²) in [5.74, 6) is 1.67. The molecule has 2 aliphatic rings. The molecule has 1 aromatic rings. The standard InChI is InChI=1S/C21H28N2O2/c1-2-20(24)22-14-15-6-8-18(9-7-15)21(25)23-19-12-10-17(11-13-19)16-4-3-5-16/h2,6-9,16-17,19H,1,3-5,10-14H2,(H,22,24)(H,23,25). The van der Waals surface area contributed by atoms with Gasteiger partial charge in [0.2, 0.25) is 5.91 Å². The lowest BCUT2D eigenvalue weighted by atomic mass is 9.69. The second kappa shape index (κ2) is 8.32. The molecule has 0 unspecified atom stereocenters. The average Bonchev–Trinajstić information content (AvgIpc) is 2.60. The fourth-order valence-corrected chi connectivity index (χ4v) is 3.95. The fraction of sp³-hybridized carbons (Fsp3) is 0.524. The number of hydrogen-bond acceptors (Lipinski definition) is 2. The maximum absolute atomic E-state index is 12.4. The Labute approximate surface area is 150 Å². The van der Waals surface area contributed by atoms with E-state index in [4.69, 9.17) is 0 Å². The molecule has 0 atom stereocenters. The van der Waals surface area contributed by atoms with Crippen LogP contribution in [0.2, 0.25) is 0 Å². The van der Waals surface area contributed by atoms with Gasteiger partial charge in [-0.25, -0.2) is 0 Å². The van der Waals surface area contributed by atoms with E-state index in [1.54, 1.807) is 0 Å². The van der Waals surface area contributed by atoms with Crippen molar-refractivity contribution in [3.8, 4) is 0 Å². The van der Waals surface area contributed by atoms with Crippen LogP contribution in [0.15, 0.2) is 36.9 Å². The van der Waals surface area contributed by atoms with Crippen molar-refractivity contribution in [2.24, 2.45) is 11.8 Å². The molecular formula is C21H28N2O2. The van der Waals surface area contributed by atoms with Crippen LogP contribution in [-0.2, 0) is 11.3 Å². The molecular weight excluding hydrogens is 312 g/mol. The summed E-state index contributed by atoms with van der Waals surface area (Å²) in [5, 5.41) is 5.92. The molecule has 2 N–H and O–H groups in total. The fourth-order valence-electron chi connectivity index (χ4n) is 3.95. The SMILES string of the molecule is C=CC(=O)NCc1ccc(C(=O)NC2CCC(C3CCC3)CC2)cc1. The second-order valence-electron chi connectivity index (χ2n) is 7.40. The molecule has 3 rings (SSSR count). The molecule has 4 heteroatoms. The molecule has 0 bridgehead atoms. The lowest BCUT2D eigenvalue weighted by Gasteiger charge is -2.38. The van der Waals surface area contributed by atoms with Gasteiger partial charge in [0.25, 0.3) is 5.91 Å². The van der Waals surface area contributed by atoms with E-state index < -0.39 is 0 Å². The summed E-state index contributed by atoms with van der Waals surface area (Å²) in [6, 6.07) is 7.72. The van der Waals surface area contributed by atoms with E-state index in [0.29, 0.717) is 18.2 Å². The Kier molecular flexibility index (Phi) is 5.90. The summed E-state index contributed by atoms with van der Waals surface area (Å²) in [7, 11) is 0. The van der Waals surface area contributed by atoms with Crippen LogP contribution < -0.4 is 10.6 Å². The summed E-state index contributed by atoms with van der Waals surface area (Å²) in [5.41, 5.74) is 1.65. The van der Waals surface area contributed by atoms with Crippen LogP contribution in [0.4, 0.5) is 0 Å².